The first-order valence-corrected chi connectivity index (χ1v) is 6.09. The van der Waals surface area contributed by atoms with Gasteiger partial charge in [-0.15, -0.1) is 11.3 Å². The number of thiazole rings is 1. The zero-order valence-electron chi connectivity index (χ0n) is 8.95. The second kappa shape index (κ2) is 4.43. The van der Waals surface area contributed by atoms with Gasteiger partial charge in [0.25, 0.3) is 0 Å². The van der Waals surface area contributed by atoms with Crippen LogP contribution in [0.2, 0.25) is 0 Å². The smallest absolute Gasteiger partial charge is 0.124 e. The molecule has 4 heteroatoms. The first kappa shape index (κ1) is 10.1. The SMILES string of the molecule is c1ccc(-c2csc(-c3ccncc3)n2)nc1. The Bertz CT molecular complexity index is 551. The van der Waals surface area contributed by atoms with Gasteiger partial charge in [-0.25, -0.2) is 4.98 Å². The van der Waals surface area contributed by atoms with Crippen molar-refractivity contribution in [3.63, 3.8) is 0 Å². The largest absolute Gasteiger partial charge is 0.265 e. The highest BCUT2D eigenvalue weighted by Gasteiger charge is 2.06. The second-order valence-electron chi connectivity index (χ2n) is 3.49. The van der Waals surface area contributed by atoms with E-state index in [-0.39, 0.29) is 0 Å². The van der Waals surface area contributed by atoms with Gasteiger partial charge < -0.3 is 0 Å². The van der Waals surface area contributed by atoms with Crippen LogP contribution in [-0.4, -0.2) is 15.0 Å². The molecule has 0 amide bonds. The van der Waals surface area contributed by atoms with Gasteiger partial charge in [0.2, 0.25) is 0 Å². The molecular weight excluding hydrogens is 230 g/mol. The summed E-state index contributed by atoms with van der Waals surface area (Å²) >= 11 is 1.62. The lowest BCUT2D eigenvalue weighted by Gasteiger charge is -1.94. The van der Waals surface area contributed by atoms with Crippen molar-refractivity contribution in [2.45, 2.75) is 0 Å². The zero-order valence-corrected chi connectivity index (χ0v) is 9.76. The molecule has 0 aliphatic heterocycles. The van der Waals surface area contributed by atoms with Gasteiger partial charge in [-0.2, -0.15) is 0 Å². The molecule has 3 aromatic heterocycles. The van der Waals surface area contributed by atoms with E-state index >= 15 is 0 Å². The van der Waals surface area contributed by atoms with Crippen LogP contribution in [0.3, 0.4) is 0 Å². The standard InChI is InChI=1S/C13H9N3S/c1-2-6-15-11(3-1)12-9-17-13(16-12)10-4-7-14-8-5-10/h1-9H. The zero-order chi connectivity index (χ0) is 11.5. The van der Waals surface area contributed by atoms with Gasteiger partial charge in [-0.3, -0.25) is 9.97 Å². The molecule has 0 aliphatic rings. The predicted molar refractivity (Wildman–Crippen MR) is 68.6 cm³/mol. The topological polar surface area (TPSA) is 38.7 Å². The maximum atomic E-state index is 4.58. The third-order valence-electron chi connectivity index (χ3n) is 2.36. The number of nitrogens with zero attached hydrogens (tertiary/aromatic N) is 3. The third kappa shape index (κ3) is 2.07. The molecule has 0 aromatic carbocycles. The Morgan fingerprint density at radius 1 is 0.882 bits per heavy atom. The first-order valence-electron chi connectivity index (χ1n) is 5.21. The fourth-order valence-electron chi connectivity index (χ4n) is 1.53. The summed E-state index contributed by atoms with van der Waals surface area (Å²) < 4.78 is 0. The fraction of sp³-hybridized carbons (Fsp3) is 0. The van der Waals surface area contributed by atoms with Crippen molar-refractivity contribution in [2.75, 3.05) is 0 Å². The van der Waals surface area contributed by atoms with Crippen molar-refractivity contribution < 1.29 is 0 Å². The molecule has 3 nitrogen and oxygen atoms in total. The molecule has 0 fully saturated rings. The number of rotatable bonds is 2. The normalized spacial score (nSPS) is 10.4. The summed E-state index contributed by atoms with van der Waals surface area (Å²) in [6.45, 7) is 0. The Balaban J connectivity index is 1.99. The van der Waals surface area contributed by atoms with E-state index in [1.54, 1.807) is 29.9 Å². The molecule has 3 heterocycles. The Kier molecular flexibility index (Phi) is 2.63. The molecule has 3 rings (SSSR count). The van der Waals surface area contributed by atoms with Crippen LogP contribution in [0.5, 0.6) is 0 Å². The third-order valence-corrected chi connectivity index (χ3v) is 3.25. The van der Waals surface area contributed by atoms with Crippen molar-refractivity contribution >= 4 is 11.3 Å². The average Bonchev–Trinajstić information content (AvgIpc) is 2.90. The van der Waals surface area contributed by atoms with Crippen molar-refractivity contribution in [3.8, 4) is 22.0 Å². The van der Waals surface area contributed by atoms with E-state index < -0.39 is 0 Å². The summed E-state index contributed by atoms with van der Waals surface area (Å²) in [4.78, 5) is 12.9. The number of aromatic nitrogens is 3. The molecule has 0 aliphatic carbocycles. The van der Waals surface area contributed by atoms with E-state index in [4.69, 9.17) is 0 Å². The molecule has 0 unspecified atom stereocenters. The van der Waals surface area contributed by atoms with E-state index in [1.165, 1.54) is 0 Å². The molecule has 3 aromatic rings. The summed E-state index contributed by atoms with van der Waals surface area (Å²) in [5, 5.41) is 3.02. The van der Waals surface area contributed by atoms with Gasteiger partial charge in [-0.1, -0.05) is 6.07 Å². The van der Waals surface area contributed by atoms with E-state index in [0.717, 1.165) is 22.0 Å². The lowest BCUT2D eigenvalue weighted by molar-refractivity contribution is 1.27. The van der Waals surface area contributed by atoms with E-state index in [0.29, 0.717) is 0 Å². The molecule has 0 saturated heterocycles. The molecule has 0 saturated carbocycles. The van der Waals surface area contributed by atoms with Crippen molar-refractivity contribution in [1.29, 1.82) is 0 Å². The summed E-state index contributed by atoms with van der Waals surface area (Å²) in [6.07, 6.45) is 5.33. The molecular formula is C13H9N3S. The van der Waals surface area contributed by atoms with Gasteiger partial charge in [0.1, 0.15) is 10.7 Å². The minimum absolute atomic E-state index is 0.907. The van der Waals surface area contributed by atoms with Crippen LogP contribution in [0.4, 0.5) is 0 Å². The molecule has 0 atom stereocenters. The van der Waals surface area contributed by atoms with Crippen LogP contribution in [-0.2, 0) is 0 Å². The molecule has 82 valence electrons. The summed E-state index contributed by atoms with van der Waals surface area (Å²) in [5.74, 6) is 0. The fourth-order valence-corrected chi connectivity index (χ4v) is 2.35. The van der Waals surface area contributed by atoms with Gasteiger partial charge in [0.15, 0.2) is 0 Å². The van der Waals surface area contributed by atoms with Crippen LogP contribution in [0, 0.1) is 0 Å². The van der Waals surface area contributed by atoms with Crippen LogP contribution in [0.1, 0.15) is 0 Å². The number of pyridine rings is 2. The van der Waals surface area contributed by atoms with Crippen LogP contribution in [0.25, 0.3) is 22.0 Å². The van der Waals surface area contributed by atoms with Gasteiger partial charge in [0.05, 0.1) is 5.69 Å². The molecule has 0 bridgehead atoms. The Hall–Kier alpha value is -2.07. The maximum Gasteiger partial charge on any atom is 0.124 e. The van der Waals surface area contributed by atoms with E-state index in [2.05, 4.69) is 15.0 Å². The highest BCUT2D eigenvalue weighted by Crippen LogP contribution is 2.27. The lowest BCUT2D eigenvalue weighted by atomic mass is 10.3. The van der Waals surface area contributed by atoms with E-state index in [9.17, 15) is 0 Å². The average molecular weight is 239 g/mol. The quantitative estimate of drug-likeness (QED) is 0.689. The number of hydrogen-bond donors (Lipinski definition) is 0. The highest BCUT2D eigenvalue weighted by atomic mass is 32.1. The molecule has 17 heavy (non-hydrogen) atoms. The highest BCUT2D eigenvalue weighted by molar-refractivity contribution is 7.13. The molecule has 0 spiro atoms. The van der Waals surface area contributed by atoms with Crippen LogP contribution in [0.15, 0.2) is 54.3 Å². The van der Waals surface area contributed by atoms with Crippen molar-refractivity contribution in [3.05, 3.63) is 54.3 Å². The maximum absolute atomic E-state index is 4.58. The second-order valence-corrected chi connectivity index (χ2v) is 4.35. The molecule has 0 N–H and O–H groups in total. The van der Waals surface area contributed by atoms with Crippen LogP contribution >= 0.6 is 11.3 Å². The van der Waals surface area contributed by atoms with Crippen molar-refractivity contribution in [1.82, 2.24) is 15.0 Å². The molecule has 0 radical (unpaired) electrons. The Morgan fingerprint density at radius 2 is 1.76 bits per heavy atom. The summed E-state index contributed by atoms with van der Waals surface area (Å²) in [5.41, 5.74) is 2.92. The summed E-state index contributed by atoms with van der Waals surface area (Å²) in [6, 6.07) is 9.75. The first-order chi connectivity index (χ1) is 8.43. The minimum atomic E-state index is 0.907. The van der Waals surface area contributed by atoms with Crippen molar-refractivity contribution in [2.24, 2.45) is 0 Å². The summed E-state index contributed by atoms with van der Waals surface area (Å²) in [7, 11) is 0. The Morgan fingerprint density at radius 3 is 2.53 bits per heavy atom. The van der Waals surface area contributed by atoms with E-state index in [1.807, 2.05) is 35.7 Å². The number of hydrogen-bond acceptors (Lipinski definition) is 4. The van der Waals surface area contributed by atoms with Gasteiger partial charge >= 0.3 is 0 Å². The monoisotopic (exact) mass is 239 g/mol. The minimum Gasteiger partial charge on any atom is -0.265 e. The predicted octanol–water partition coefficient (Wildman–Crippen LogP) is 3.27. The lowest BCUT2D eigenvalue weighted by Crippen LogP contribution is -1.82. The van der Waals surface area contributed by atoms with Gasteiger partial charge in [0, 0.05) is 29.5 Å². The van der Waals surface area contributed by atoms with Crippen LogP contribution < -0.4 is 0 Å². The Labute approximate surface area is 103 Å². The van der Waals surface area contributed by atoms with Gasteiger partial charge in [-0.05, 0) is 24.3 Å².